The van der Waals surface area contributed by atoms with E-state index < -0.39 is 7.94 Å². The first-order valence-electron chi connectivity index (χ1n) is 11.2. The van der Waals surface area contributed by atoms with Gasteiger partial charge in [-0.05, 0) is 48.1 Å². The maximum atomic E-state index is 10.6. The van der Waals surface area contributed by atoms with Gasteiger partial charge in [-0.2, -0.15) is 9.79 Å². The summed E-state index contributed by atoms with van der Waals surface area (Å²) >= 11 is 0. The first kappa shape index (κ1) is 25.4. The van der Waals surface area contributed by atoms with Gasteiger partial charge in [0.05, 0.1) is 0 Å². The fraction of sp³-hybridized carbons (Fsp3) is 0.750. The Labute approximate surface area is 174 Å². The van der Waals surface area contributed by atoms with E-state index in [4.69, 9.17) is 4.52 Å². The van der Waals surface area contributed by atoms with Crippen molar-refractivity contribution in [2.75, 3.05) is 6.16 Å². The third kappa shape index (κ3) is 7.65. The van der Waals surface area contributed by atoms with Crippen molar-refractivity contribution in [1.29, 1.82) is 0 Å². The molecular weight excluding hydrogens is 367 g/mol. The van der Waals surface area contributed by atoms with Crippen molar-refractivity contribution < 1.29 is 14.3 Å². The molecule has 0 saturated heterocycles. The second-order valence-electron chi connectivity index (χ2n) is 9.43. The molecule has 0 fully saturated rings. The molecule has 1 aromatic rings. The minimum Gasteiger partial charge on any atom is -0.287 e. The Kier molecular flexibility index (Phi) is 9.94. The second-order valence-corrected chi connectivity index (χ2v) is 11.4. The lowest BCUT2D eigenvalue weighted by atomic mass is 9.76. The van der Waals surface area contributed by atoms with Crippen LogP contribution in [0.4, 0.5) is 0 Å². The summed E-state index contributed by atoms with van der Waals surface area (Å²) in [5.74, 6) is 0.631. The molecule has 0 heterocycles. The van der Waals surface area contributed by atoms with Crippen LogP contribution in [0.3, 0.4) is 0 Å². The number of rotatable bonds is 13. The Hall–Kier alpha value is -0.630. The van der Waals surface area contributed by atoms with E-state index in [9.17, 15) is 9.79 Å². The second kappa shape index (κ2) is 11.0. The molecule has 3 nitrogen and oxygen atoms in total. The minimum atomic E-state index is -3.39. The molecule has 2 N–H and O–H groups in total. The third-order valence-electron chi connectivity index (χ3n) is 6.31. The van der Waals surface area contributed by atoms with Crippen LogP contribution in [0.1, 0.15) is 111 Å². The van der Waals surface area contributed by atoms with E-state index in [1.807, 2.05) is 6.07 Å². The molecule has 0 saturated carbocycles. The lowest BCUT2D eigenvalue weighted by Gasteiger charge is -2.30. The van der Waals surface area contributed by atoms with E-state index in [1.54, 1.807) is 0 Å². The van der Waals surface area contributed by atoms with Crippen LogP contribution in [0.2, 0.25) is 0 Å². The Morgan fingerprint density at radius 1 is 0.821 bits per heavy atom. The van der Waals surface area contributed by atoms with Crippen LogP contribution in [0, 0.1) is 0 Å². The van der Waals surface area contributed by atoms with Crippen LogP contribution >= 0.6 is 7.94 Å². The largest absolute Gasteiger partial charge is 0.451 e. The van der Waals surface area contributed by atoms with Crippen LogP contribution in [0.5, 0.6) is 5.75 Å². The number of benzene rings is 1. The standard InChI is InChI=1S/C24H44O3P/c1-8-11-12-13-14-15-18-28(25,26)27-22-17-16-20(23(4,5)9-2)19-21(22)24(6,7)10-3/h16-17,19,25-26H,8-15,18H2,1-7H3/q+1. The Bertz CT molecular complexity index is 594. The normalized spacial score (nSPS) is 13.0. The first-order valence-corrected chi connectivity index (χ1v) is 13.0. The van der Waals surface area contributed by atoms with Gasteiger partial charge in [0.2, 0.25) is 0 Å². The van der Waals surface area contributed by atoms with Crippen LogP contribution < -0.4 is 4.52 Å². The van der Waals surface area contributed by atoms with Gasteiger partial charge in [0, 0.05) is 5.56 Å². The summed E-state index contributed by atoms with van der Waals surface area (Å²) < 4.78 is 5.87. The molecular formula is C24H44O3P+. The van der Waals surface area contributed by atoms with Gasteiger partial charge in [-0.15, -0.1) is 0 Å². The predicted octanol–water partition coefficient (Wildman–Crippen LogP) is 7.55. The van der Waals surface area contributed by atoms with Gasteiger partial charge in [-0.1, -0.05) is 86.3 Å². The molecule has 162 valence electrons. The van der Waals surface area contributed by atoms with Gasteiger partial charge in [0.15, 0.2) is 5.75 Å². The third-order valence-corrected chi connectivity index (χ3v) is 7.69. The van der Waals surface area contributed by atoms with E-state index in [2.05, 4.69) is 60.6 Å². The maximum Gasteiger partial charge on any atom is 0.451 e. The molecule has 0 aliphatic heterocycles. The highest BCUT2D eigenvalue weighted by Crippen LogP contribution is 2.54. The summed E-state index contributed by atoms with van der Waals surface area (Å²) in [6.45, 7) is 15.5. The van der Waals surface area contributed by atoms with Gasteiger partial charge >= 0.3 is 7.94 Å². The molecule has 0 amide bonds. The van der Waals surface area contributed by atoms with Crippen LogP contribution in [-0.4, -0.2) is 15.9 Å². The monoisotopic (exact) mass is 411 g/mol. The Morgan fingerprint density at radius 2 is 1.39 bits per heavy atom. The average Bonchev–Trinajstić information content (AvgIpc) is 2.64. The summed E-state index contributed by atoms with van der Waals surface area (Å²) in [5.41, 5.74) is 2.34. The lowest BCUT2D eigenvalue weighted by Crippen LogP contribution is -2.21. The van der Waals surface area contributed by atoms with Gasteiger partial charge < -0.3 is 0 Å². The SMILES string of the molecule is CCCCCCCC[P+](O)(O)Oc1ccc(C(C)(C)CC)cc1C(C)(C)CC. The smallest absolute Gasteiger partial charge is 0.287 e. The molecule has 0 radical (unpaired) electrons. The zero-order valence-electron chi connectivity index (χ0n) is 19.3. The highest BCUT2D eigenvalue weighted by molar-refractivity contribution is 7.60. The van der Waals surface area contributed by atoms with Crippen molar-refractivity contribution in [2.45, 2.75) is 111 Å². The van der Waals surface area contributed by atoms with Crippen molar-refractivity contribution >= 4 is 7.94 Å². The number of hydrogen-bond donors (Lipinski definition) is 2. The van der Waals surface area contributed by atoms with Crippen LogP contribution in [0.25, 0.3) is 0 Å². The zero-order valence-corrected chi connectivity index (χ0v) is 20.2. The van der Waals surface area contributed by atoms with Gasteiger partial charge in [-0.25, -0.2) is 0 Å². The Balaban J connectivity index is 2.96. The summed E-state index contributed by atoms with van der Waals surface area (Å²) in [7, 11) is -3.39. The number of hydrogen-bond acceptors (Lipinski definition) is 3. The summed E-state index contributed by atoms with van der Waals surface area (Å²) in [6.07, 6.45) is 9.04. The van der Waals surface area contributed by atoms with E-state index in [0.29, 0.717) is 11.9 Å². The topological polar surface area (TPSA) is 49.7 Å². The summed E-state index contributed by atoms with van der Waals surface area (Å²) in [5, 5.41) is 0. The molecule has 0 atom stereocenters. The molecule has 1 rings (SSSR count). The van der Waals surface area contributed by atoms with Crippen molar-refractivity contribution in [2.24, 2.45) is 0 Å². The van der Waals surface area contributed by atoms with Crippen molar-refractivity contribution in [1.82, 2.24) is 0 Å². The maximum absolute atomic E-state index is 10.6. The Morgan fingerprint density at radius 3 is 1.96 bits per heavy atom. The average molecular weight is 412 g/mol. The van der Waals surface area contributed by atoms with Crippen LogP contribution in [-0.2, 0) is 10.8 Å². The van der Waals surface area contributed by atoms with Crippen LogP contribution in [0.15, 0.2) is 18.2 Å². The van der Waals surface area contributed by atoms with E-state index in [1.165, 1.54) is 24.8 Å². The zero-order chi connectivity index (χ0) is 21.4. The molecule has 28 heavy (non-hydrogen) atoms. The molecule has 4 heteroatoms. The summed E-state index contributed by atoms with van der Waals surface area (Å²) in [4.78, 5) is 21.1. The fourth-order valence-corrected chi connectivity index (χ4v) is 4.46. The molecule has 0 aromatic heterocycles. The first-order chi connectivity index (χ1) is 13.0. The summed E-state index contributed by atoms with van der Waals surface area (Å²) in [6, 6.07) is 6.24. The highest BCUT2D eigenvalue weighted by atomic mass is 31.2. The molecule has 0 spiro atoms. The van der Waals surface area contributed by atoms with Gasteiger partial charge in [-0.3, -0.25) is 4.52 Å². The predicted molar refractivity (Wildman–Crippen MR) is 123 cm³/mol. The van der Waals surface area contributed by atoms with E-state index in [-0.39, 0.29) is 10.8 Å². The van der Waals surface area contributed by atoms with Crippen molar-refractivity contribution in [3.8, 4) is 5.75 Å². The molecule has 0 unspecified atom stereocenters. The van der Waals surface area contributed by atoms with Crippen molar-refractivity contribution in [3.05, 3.63) is 29.3 Å². The van der Waals surface area contributed by atoms with E-state index in [0.717, 1.165) is 37.7 Å². The fourth-order valence-electron chi connectivity index (χ4n) is 3.26. The molecule has 0 aliphatic carbocycles. The lowest BCUT2D eigenvalue weighted by molar-refractivity contribution is 0.331. The van der Waals surface area contributed by atoms with Gasteiger partial charge in [0.1, 0.15) is 6.16 Å². The molecule has 0 bridgehead atoms. The quantitative estimate of drug-likeness (QED) is 0.260. The van der Waals surface area contributed by atoms with Crippen molar-refractivity contribution in [3.63, 3.8) is 0 Å². The van der Waals surface area contributed by atoms with E-state index >= 15 is 0 Å². The minimum absolute atomic E-state index is 0.0836. The highest BCUT2D eigenvalue weighted by Gasteiger charge is 2.39. The molecule has 0 aliphatic rings. The number of unbranched alkanes of at least 4 members (excludes halogenated alkanes) is 5. The molecule has 1 aromatic carbocycles. The van der Waals surface area contributed by atoms with Gasteiger partial charge in [0.25, 0.3) is 0 Å².